The van der Waals surface area contributed by atoms with Crippen LogP contribution in [0.15, 0.2) is 5.16 Å². The Bertz CT molecular complexity index is 341. The Morgan fingerprint density at radius 1 is 1.50 bits per heavy atom. The Morgan fingerprint density at radius 3 is 2.56 bits per heavy atom. The van der Waals surface area contributed by atoms with E-state index in [2.05, 4.69) is 23.9 Å². The van der Waals surface area contributed by atoms with Gasteiger partial charge in [0.05, 0.1) is 0 Å². The first-order valence-corrected chi connectivity index (χ1v) is 6.36. The minimum Gasteiger partial charge on any atom is -0.409 e. The third-order valence-electron chi connectivity index (χ3n) is 3.74. The van der Waals surface area contributed by atoms with Gasteiger partial charge in [-0.05, 0) is 27.3 Å². The topological polar surface area (TPSA) is 82.2 Å². The minimum absolute atomic E-state index is 0.0434. The Hall–Kier alpha value is -1.30. The van der Waals surface area contributed by atoms with Gasteiger partial charge in [-0.15, -0.1) is 0 Å². The van der Waals surface area contributed by atoms with Crippen LogP contribution in [0.1, 0.15) is 27.7 Å². The number of amidine groups is 1. The van der Waals surface area contributed by atoms with Crippen LogP contribution < -0.4 is 5.73 Å². The molecule has 1 amide bonds. The summed E-state index contributed by atoms with van der Waals surface area (Å²) in [5.41, 5.74) is 4.63. The first kappa shape index (κ1) is 14.8. The summed E-state index contributed by atoms with van der Waals surface area (Å²) < 4.78 is 0. The van der Waals surface area contributed by atoms with Crippen LogP contribution in [0.5, 0.6) is 0 Å². The van der Waals surface area contributed by atoms with E-state index in [0.29, 0.717) is 19.1 Å². The van der Waals surface area contributed by atoms with Gasteiger partial charge in [0.25, 0.3) is 0 Å². The summed E-state index contributed by atoms with van der Waals surface area (Å²) in [5.74, 6) is -0.126. The highest BCUT2D eigenvalue weighted by Gasteiger charge is 2.38. The van der Waals surface area contributed by atoms with E-state index in [0.717, 1.165) is 13.1 Å². The van der Waals surface area contributed by atoms with Gasteiger partial charge >= 0.3 is 0 Å². The summed E-state index contributed by atoms with van der Waals surface area (Å²) in [6.45, 7) is 10.8. The highest BCUT2D eigenvalue weighted by molar-refractivity contribution is 6.05. The first-order chi connectivity index (χ1) is 8.34. The maximum absolute atomic E-state index is 12.4. The fourth-order valence-corrected chi connectivity index (χ4v) is 2.28. The number of hydrogen-bond acceptors (Lipinski definition) is 4. The van der Waals surface area contributed by atoms with Crippen LogP contribution in [0.2, 0.25) is 0 Å². The van der Waals surface area contributed by atoms with Gasteiger partial charge in [-0.2, -0.15) is 0 Å². The molecule has 0 aliphatic carbocycles. The SMILES string of the molecule is CCN1CCN(C(=O)C(C)(C)C(N)=NO)CC1C. The molecular formula is C12H24N4O2. The summed E-state index contributed by atoms with van der Waals surface area (Å²) in [5, 5.41) is 11.7. The van der Waals surface area contributed by atoms with Gasteiger partial charge in [-0.25, -0.2) is 0 Å². The van der Waals surface area contributed by atoms with Gasteiger partial charge in [0.2, 0.25) is 5.91 Å². The lowest BCUT2D eigenvalue weighted by Gasteiger charge is -2.41. The lowest BCUT2D eigenvalue weighted by Crippen LogP contribution is -2.57. The zero-order valence-corrected chi connectivity index (χ0v) is 11.7. The largest absolute Gasteiger partial charge is 0.409 e. The molecule has 0 aromatic heterocycles. The van der Waals surface area contributed by atoms with Crippen LogP contribution in [-0.2, 0) is 4.79 Å². The highest BCUT2D eigenvalue weighted by atomic mass is 16.4. The molecule has 1 rings (SSSR count). The molecule has 6 heteroatoms. The van der Waals surface area contributed by atoms with Crippen LogP contribution >= 0.6 is 0 Å². The summed E-state index contributed by atoms with van der Waals surface area (Å²) in [6, 6.07) is 0.343. The Morgan fingerprint density at radius 2 is 2.11 bits per heavy atom. The minimum atomic E-state index is -0.956. The molecule has 18 heavy (non-hydrogen) atoms. The number of rotatable bonds is 3. The molecule has 0 spiro atoms. The number of nitrogens with zero attached hydrogens (tertiary/aromatic N) is 3. The monoisotopic (exact) mass is 256 g/mol. The number of amides is 1. The van der Waals surface area contributed by atoms with E-state index in [9.17, 15) is 4.79 Å². The van der Waals surface area contributed by atoms with Crippen molar-refractivity contribution in [2.75, 3.05) is 26.2 Å². The van der Waals surface area contributed by atoms with Crippen molar-refractivity contribution in [3.05, 3.63) is 0 Å². The van der Waals surface area contributed by atoms with Crippen molar-refractivity contribution in [1.82, 2.24) is 9.80 Å². The summed E-state index contributed by atoms with van der Waals surface area (Å²) >= 11 is 0. The van der Waals surface area contributed by atoms with Gasteiger partial charge < -0.3 is 15.8 Å². The Kier molecular flexibility index (Phi) is 4.56. The van der Waals surface area contributed by atoms with E-state index in [4.69, 9.17) is 10.9 Å². The van der Waals surface area contributed by atoms with Crippen molar-refractivity contribution >= 4 is 11.7 Å². The van der Waals surface area contributed by atoms with Gasteiger partial charge in [0.15, 0.2) is 5.84 Å². The van der Waals surface area contributed by atoms with E-state index in [-0.39, 0.29) is 11.7 Å². The number of oxime groups is 1. The van der Waals surface area contributed by atoms with Crippen LogP contribution in [0.3, 0.4) is 0 Å². The van der Waals surface area contributed by atoms with Crippen molar-refractivity contribution < 1.29 is 10.0 Å². The number of carbonyl (C=O) groups excluding carboxylic acids is 1. The zero-order valence-electron chi connectivity index (χ0n) is 11.7. The van der Waals surface area contributed by atoms with Gasteiger partial charge in [-0.3, -0.25) is 9.69 Å². The number of carbonyl (C=O) groups is 1. The number of likely N-dealkylation sites (N-methyl/N-ethyl adjacent to an activating group) is 1. The molecule has 104 valence electrons. The third-order valence-corrected chi connectivity index (χ3v) is 3.74. The second-order valence-corrected chi connectivity index (χ2v) is 5.34. The van der Waals surface area contributed by atoms with Crippen LogP contribution in [0.4, 0.5) is 0 Å². The Balaban J connectivity index is 2.75. The molecule has 0 aromatic carbocycles. The lowest BCUT2D eigenvalue weighted by molar-refractivity contribution is -0.140. The first-order valence-electron chi connectivity index (χ1n) is 6.36. The van der Waals surface area contributed by atoms with Crippen LogP contribution in [0.25, 0.3) is 0 Å². The van der Waals surface area contributed by atoms with Gasteiger partial charge in [0.1, 0.15) is 5.41 Å². The summed E-state index contributed by atoms with van der Waals surface area (Å²) in [4.78, 5) is 16.5. The molecule has 1 fully saturated rings. The fraction of sp³-hybridized carbons (Fsp3) is 0.833. The molecular weight excluding hydrogens is 232 g/mol. The average Bonchev–Trinajstić information content (AvgIpc) is 2.36. The molecule has 1 heterocycles. The van der Waals surface area contributed by atoms with Crippen LogP contribution in [0, 0.1) is 5.41 Å². The maximum Gasteiger partial charge on any atom is 0.236 e. The molecule has 0 radical (unpaired) electrons. The number of nitrogens with two attached hydrogens (primary N) is 1. The summed E-state index contributed by atoms with van der Waals surface area (Å²) in [7, 11) is 0. The fourth-order valence-electron chi connectivity index (χ4n) is 2.28. The van der Waals surface area contributed by atoms with Crippen molar-refractivity contribution in [3.8, 4) is 0 Å². The van der Waals surface area contributed by atoms with Crippen molar-refractivity contribution in [3.63, 3.8) is 0 Å². The van der Waals surface area contributed by atoms with Crippen LogP contribution in [-0.4, -0.2) is 59.0 Å². The Labute approximate surface area is 108 Å². The average molecular weight is 256 g/mol. The summed E-state index contributed by atoms with van der Waals surface area (Å²) in [6.07, 6.45) is 0. The van der Waals surface area contributed by atoms with E-state index in [1.807, 2.05) is 0 Å². The predicted molar refractivity (Wildman–Crippen MR) is 70.5 cm³/mol. The number of hydrogen-bond donors (Lipinski definition) is 2. The smallest absolute Gasteiger partial charge is 0.236 e. The standard InChI is InChI=1S/C12H24N4O2/c1-5-15-6-7-16(8-9(15)2)11(17)12(3,4)10(13)14-18/h9,18H,5-8H2,1-4H3,(H2,13,14). The molecule has 1 aliphatic rings. The lowest BCUT2D eigenvalue weighted by atomic mass is 9.89. The molecule has 6 nitrogen and oxygen atoms in total. The molecule has 0 aromatic rings. The second-order valence-electron chi connectivity index (χ2n) is 5.34. The van der Waals surface area contributed by atoms with Gasteiger partial charge in [0, 0.05) is 25.7 Å². The molecule has 1 saturated heterocycles. The molecule has 1 atom stereocenters. The predicted octanol–water partition coefficient (Wildman–Crippen LogP) is 0.312. The van der Waals surface area contributed by atoms with E-state index in [1.165, 1.54) is 0 Å². The molecule has 0 saturated carbocycles. The van der Waals surface area contributed by atoms with Gasteiger partial charge in [-0.1, -0.05) is 12.1 Å². The molecule has 1 aliphatic heterocycles. The second kappa shape index (κ2) is 5.56. The molecule has 1 unspecified atom stereocenters. The van der Waals surface area contributed by atoms with E-state index < -0.39 is 5.41 Å². The maximum atomic E-state index is 12.4. The van der Waals surface area contributed by atoms with Crippen molar-refractivity contribution in [2.45, 2.75) is 33.7 Å². The normalized spacial score (nSPS) is 23.2. The molecule has 0 bridgehead atoms. The van der Waals surface area contributed by atoms with E-state index in [1.54, 1.807) is 18.7 Å². The quantitative estimate of drug-likeness (QED) is 0.329. The van der Waals surface area contributed by atoms with E-state index >= 15 is 0 Å². The molecule has 3 N–H and O–H groups in total. The highest BCUT2D eigenvalue weighted by Crippen LogP contribution is 2.21. The number of piperazine rings is 1. The van der Waals surface area contributed by atoms with Crippen molar-refractivity contribution in [2.24, 2.45) is 16.3 Å². The van der Waals surface area contributed by atoms with Crippen molar-refractivity contribution in [1.29, 1.82) is 0 Å². The third kappa shape index (κ3) is 2.75. The zero-order chi connectivity index (χ0) is 13.9.